The Hall–Kier alpha value is -0.900. The average molecular weight is 262 g/mol. The van der Waals surface area contributed by atoms with Crippen LogP contribution in [-0.4, -0.2) is 54.7 Å². The molecule has 1 N–H and O–H groups in total. The van der Waals surface area contributed by atoms with Crippen molar-refractivity contribution in [2.24, 2.45) is 0 Å². The lowest BCUT2D eigenvalue weighted by Gasteiger charge is -2.30. The van der Waals surface area contributed by atoms with E-state index in [0.717, 1.165) is 18.7 Å². The molecule has 2 rings (SSSR count). The van der Waals surface area contributed by atoms with Gasteiger partial charge in [-0.05, 0) is 45.5 Å². The van der Waals surface area contributed by atoms with Crippen molar-refractivity contribution in [1.29, 1.82) is 0 Å². The highest BCUT2D eigenvalue weighted by atomic mass is 16.3. The Morgan fingerprint density at radius 3 is 2.47 bits per heavy atom. The largest absolute Gasteiger partial charge is 0.384 e. The van der Waals surface area contributed by atoms with E-state index in [-0.39, 0.29) is 0 Å². The van der Waals surface area contributed by atoms with Crippen LogP contribution in [0.4, 0.5) is 0 Å². The molecule has 106 valence electrons. The van der Waals surface area contributed by atoms with Gasteiger partial charge in [-0.1, -0.05) is 30.3 Å². The lowest BCUT2D eigenvalue weighted by molar-refractivity contribution is 0.0217. The van der Waals surface area contributed by atoms with Gasteiger partial charge in [-0.2, -0.15) is 0 Å². The molecule has 19 heavy (non-hydrogen) atoms. The molecule has 1 fully saturated rings. The molecule has 1 aliphatic rings. The van der Waals surface area contributed by atoms with E-state index >= 15 is 0 Å². The number of nitrogens with zero attached hydrogens (tertiary/aromatic N) is 2. The third-order valence-corrected chi connectivity index (χ3v) is 3.97. The number of rotatable bonds is 6. The van der Waals surface area contributed by atoms with Crippen molar-refractivity contribution in [3.05, 3.63) is 35.9 Å². The Kier molecular flexibility index (Phi) is 4.97. The van der Waals surface area contributed by atoms with Crippen LogP contribution in [0.1, 0.15) is 25.3 Å². The zero-order valence-corrected chi connectivity index (χ0v) is 12.2. The fraction of sp³-hybridized carbons (Fsp3) is 0.625. The van der Waals surface area contributed by atoms with E-state index in [1.807, 2.05) is 37.3 Å². The van der Waals surface area contributed by atoms with E-state index in [1.165, 1.54) is 25.9 Å². The van der Waals surface area contributed by atoms with Gasteiger partial charge in [-0.25, -0.2) is 0 Å². The molecule has 1 unspecified atom stereocenters. The highest BCUT2D eigenvalue weighted by molar-refractivity contribution is 5.21. The monoisotopic (exact) mass is 262 g/mol. The van der Waals surface area contributed by atoms with Gasteiger partial charge < -0.3 is 14.9 Å². The zero-order valence-electron chi connectivity index (χ0n) is 12.2. The molecule has 0 radical (unpaired) electrons. The predicted octanol–water partition coefficient (Wildman–Crippen LogP) is 1.92. The molecule has 1 heterocycles. The first-order valence-electron chi connectivity index (χ1n) is 7.27. The zero-order chi connectivity index (χ0) is 13.7. The minimum Gasteiger partial charge on any atom is -0.384 e. The maximum atomic E-state index is 10.6. The van der Waals surface area contributed by atoms with Gasteiger partial charge in [-0.3, -0.25) is 0 Å². The predicted molar refractivity (Wildman–Crippen MR) is 79.2 cm³/mol. The number of aliphatic hydroxyl groups is 1. The van der Waals surface area contributed by atoms with Crippen molar-refractivity contribution in [2.75, 3.05) is 39.8 Å². The summed E-state index contributed by atoms with van der Waals surface area (Å²) in [5.41, 5.74) is 0.212. The van der Waals surface area contributed by atoms with E-state index in [4.69, 9.17) is 0 Å². The molecule has 0 amide bonds. The molecule has 0 spiro atoms. The second kappa shape index (κ2) is 6.51. The number of hydrogen-bond acceptors (Lipinski definition) is 3. The Balaban J connectivity index is 1.81. The highest BCUT2D eigenvalue weighted by Crippen LogP contribution is 2.21. The maximum Gasteiger partial charge on any atom is 0.0994 e. The van der Waals surface area contributed by atoms with Crippen LogP contribution in [0.2, 0.25) is 0 Å². The summed E-state index contributed by atoms with van der Waals surface area (Å²) in [7, 11) is 2.09. The first kappa shape index (κ1) is 14.5. The lowest BCUT2D eigenvalue weighted by Crippen LogP contribution is -2.40. The second-order valence-corrected chi connectivity index (χ2v) is 5.93. The van der Waals surface area contributed by atoms with Gasteiger partial charge in [0, 0.05) is 19.6 Å². The summed E-state index contributed by atoms with van der Waals surface area (Å²) in [6.45, 7) is 7.18. The van der Waals surface area contributed by atoms with Gasteiger partial charge in [0.1, 0.15) is 0 Å². The van der Waals surface area contributed by atoms with Crippen LogP contribution in [0.3, 0.4) is 0 Å². The normalized spacial score (nSPS) is 19.8. The summed E-state index contributed by atoms with van der Waals surface area (Å²) in [6.07, 6.45) is 2.68. The summed E-state index contributed by atoms with van der Waals surface area (Å²) < 4.78 is 0. The Morgan fingerprint density at radius 2 is 1.84 bits per heavy atom. The van der Waals surface area contributed by atoms with Crippen molar-refractivity contribution >= 4 is 0 Å². The molecule has 0 saturated carbocycles. The fourth-order valence-electron chi connectivity index (χ4n) is 2.81. The Labute approximate surface area is 116 Å². The number of benzene rings is 1. The van der Waals surface area contributed by atoms with Crippen LogP contribution in [0.15, 0.2) is 30.3 Å². The van der Waals surface area contributed by atoms with Crippen LogP contribution < -0.4 is 0 Å². The van der Waals surface area contributed by atoms with Crippen molar-refractivity contribution < 1.29 is 5.11 Å². The maximum absolute atomic E-state index is 10.6. The van der Waals surface area contributed by atoms with Gasteiger partial charge in [-0.15, -0.1) is 0 Å². The molecule has 1 aliphatic heterocycles. The first-order chi connectivity index (χ1) is 9.08. The number of likely N-dealkylation sites (N-methyl/N-ethyl adjacent to an activating group) is 1. The van der Waals surface area contributed by atoms with Crippen molar-refractivity contribution in [2.45, 2.75) is 25.4 Å². The van der Waals surface area contributed by atoms with Crippen LogP contribution in [0.5, 0.6) is 0 Å². The van der Waals surface area contributed by atoms with Gasteiger partial charge in [0.25, 0.3) is 0 Å². The van der Waals surface area contributed by atoms with Crippen molar-refractivity contribution in [3.63, 3.8) is 0 Å². The van der Waals surface area contributed by atoms with E-state index in [9.17, 15) is 5.11 Å². The molecule has 3 heteroatoms. The molecule has 3 nitrogen and oxygen atoms in total. The average Bonchev–Trinajstić information content (AvgIpc) is 2.90. The van der Waals surface area contributed by atoms with Crippen LogP contribution in [-0.2, 0) is 5.60 Å². The molecule has 0 aromatic heterocycles. The van der Waals surface area contributed by atoms with E-state index in [2.05, 4.69) is 16.8 Å². The van der Waals surface area contributed by atoms with Gasteiger partial charge in [0.05, 0.1) is 5.60 Å². The minimum atomic E-state index is -0.777. The smallest absolute Gasteiger partial charge is 0.0994 e. The summed E-state index contributed by atoms with van der Waals surface area (Å²) in [5.74, 6) is 0. The van der Waals surface area contributed by atoms with Crippen molar-refractivity contribution in [1.82, 2.24) is 9.80 Å². The van der Waals surface area contributed by atoms with E-state index < -0.39 is 5.60 Å². The molecule has 1 atom stereocenters. The van der Waals surface area contributed by atoms with Gasteiger partial charge >= 0.3 is 0 Å². The standard InChI is InChI=1S/C16H26N2O/c1-16(19,15-8-4-3-5-9-15)14-17(2)12-13-18-10-6-7-11-18/h3-5,8-9,19H,6-7,10-14H2,1-2H3. The third kappa shape index (κ3) is 4.30. The summed E-state index contributed by atoms with van der Waals surface area (Å²) in [5, 5.41) is 10.6. The Bertz CT molecular complexity index is 372. The van der Waals surface area contributed by atoms with Crippen LogP contribution >= 0.6 is 0 Å². The van der Waals surface area contributed by atoms with Crippen LogP contribution in [0, 0.1) is 0 Å². The molecule has 1 aromatic carbocycles. The molecule has 0 aliphatic carbocycles. The number of likely N-dealkylation sites (tertiary alicyclic amines) is 1. The van der Waals surface area contributed by atoms with Crippen molar-refractivity contribution in [3.8, 4) is 0 Å². The topological polar surface area (TPSA) is 26.7 Å². The fourth-order valence-corrected chi connectivity index (χ4v) is 2.81. The third-order valence-electron chi connectivity index (χ3n) is 3.97. The second-order valence-electron chi connectivity index (χ2n) is 5.93. The Morgan fingerprint density at radius 1 is 1.21 bits per heavy atom. The molecule has 1 aromatic rings. The van der Waals surface area contributed by atoms with E-state index in [0.29, 0.717) is 6.54 Å². The summed E-state index contributed by atoms with van der Waals surface area (Å²) >= 11 is 0. The molecular formula is C16H26N2O. The minimum absolute atomic E-state index is 0.671. The van der Waals surface area contributed by atoms with Crippen LogP contribution in [0.25, 0.3) is 0 Å². The molecule has 0 bridgehead atoms. The highest BCUT2D eigenvalue weighted by Gasteiger charge is 2.24. The molecule has 1 saturated heterocycles. The molecular weight excluding hydrogens is 236 g/mol. The van der Waals surface area contributed by atoms with E-state index in [1.54, 1.807) is 0 Å². The first-order valence-corrected chi connectivity index (χ1v) is 7.27. The quantitative estimate of drug-likeness (QED) is 0.848. The lowest BCUT2D eigenvalue weighted by atomic mass is 9.95. The van der Waals surface area contributed by atoms with Gasteiger partial charge in [0.2, 0.25) is 0 Å². The summed E-state index contributed by atoms with van der Waals surface area (Å²) in [6, 6.07) is 9.93. The number of hydrogen-bond donors (Lipinski definition) is 1. The van der Waals surface area contributed by atoms with Gasteiger partial charge in [0.15, 0.2) is 0 Å². The summed E-state index contributed by atoms with van der Waals surface area (Å²) in [4.78, 5) is 4.74. The SMILES string of the molecule is CN(CCN1CCCC1)CC(C)(O)c1ccccc1.